The second kappa shape index (κ2) is 14.6. The number of hydrogen-bond acceptors (Lipinski definition) is 2. The van der Waals surface area contributed by atoms with Crippen LogP contribution in [0.5, 0.6) is 0 Å². The quantitative estimate of drug-likeness (QED) is 0.329. The van der Waals surface area contributed by atoms with E-state index in [0.29, 0.717) is 0 Å². The minimum absolute atomic E-state index is 0.163. The highest BCUT2D eigenvalue weighted by Crippen LogP contribution is 2.19. The molecule has 0 N–H and O–H groups in total. The fraction of sp³-hybridized carbons (Fsp3) is 0.258. The zero-order chi connectivity index (χ0) is 24.8. The zero-order valence-corrected chi connectivity index (χ0v) is 21.3. The second-order valence-corrected chi connectivity index (χ2v) is 7.74. The first kappa shape index (κ1) is 27.6. The molecule has 2 nitrogen and oxygen atoms in total. The summed E-state index contributed by atoms with van der Waals surface area (Å²) in [6.07, 6.45) is 8.19. The van der Waals surface area contributed by atoms with Crippen LogP contribution in [0.4, 0.5) is 0 Å². The summed E-state index contributed by atoms with van der Waals surface area (Å²) in [6.45, 7) is 21.6. The van der Waals surface area contributed by atoms with E-state index >= 15 is 0 Å². The van der Waals surface area contributed by atoms with Gasteiger partial charge in [-0.15, -0.1) is 5.73 Å². The smallest absolute Gasteiger partial charge is 0.0724 e. The Kier molecular flexibility index (Phi) is 12.2. The summed E-state index contributed by atoms with van der Waals surface area (Å²) in [5, 5.41) is 0. The van der Waals surface area contributed by atoms with Gasteiger partial charge in [0.15, 0.2) is 0 Å². The fourth-order valence-electron chi connectivity index (χ4n) is 2.92. The Labute approximate surface area is 201 Å². The van der Waals surface area contributed by atoms with E-state index in [1.54, 1.807) is 0 Å². The maximum atomic E-state index is 4.79. The summed E-state index contributed by atoms with van der Waals surface area (Å²) < 4.78 is 0. The molecule has 2 heteroatoms. The van der Waals surface area contributed by atoms with Crippen molar-refractivity contribution in [3.8, 4) is 0 Å². The molecule has 0 aromatic heterocycles. The Morgan fingerprint density at radius 2 is 1.42 bits per heavy atom. The molecule has 2 aromatic carbocycles. The highest BCUT2D eigenvalue weighted by atomic mass is 14.8. The number of allylic oxidation sites excluding steroid dienone is 5. The van der Waals surface area contributed by atoms with E-state index in [0.717, 1.165) is 22.5 Å². The van der Waals surface area contributed by atoms with Gasteiger partial charge >= 0.3 is 0 Å². The first-order valence-electron chi connectivity index (χ1n) is 11.5. The van der Waals surface area contributed by atoms with Crippen LogP contribution in [0.25, 0.3) is 5.70 Å². The van der Waals surface area contributed by atoms with Crippen molar-refractivity contribution in [1.29, 1.82) is 0 Å². The van der Waals surface area contributed by atoms with Crippen LogP contribution in [0.1, 0.15) is 62.9 Å². The van der Waals surface area contributed by atoms with Gasteiger partial charge in [0, 0.05) is 11.3 Å². The van der Waals surface area contributed by atoms with Crippen molar-refractivity contribution < 1.29 is 0 Å². The first-order chi connectivity index (χ1) is 15.8. The molecule has 0 saturated carbocycles. The number of aliphatic imine (C=N–C) groups is 2. The summed E-state index contributed by atoms with van der Waals surface area (Å²) in [7, 11) is 0. The summed E-state index contributed by atoms with van der Waals surface area (Å²) in [5.74, 6) is 0. The maximum Gasteiger partial charge on any atom is 0.0724 e. The van der Waals surface area contributed by atoms with Gasteiger partial charge in [-0.1, -0.05) is 97.8 Å². The SMILES string of the molecule is C=NC(=C)c1ccc(C)cc1.CC.CC1=CC=C=C(C(C)=NC(C)c2ccc(C)cc2)C=C1. The van der Waals surface area contributed by atoms with Gasteiger partial charge in [0.25, 0.3) is 0 Å². The van der Waals surface area contributed by atoms with Crippen LogP contribution in [0.3, 0.4) is 0 Å². The number of benzene rings is 2. The molecule has 3 rings (SSSR count). The first-order valence-corrected chi connectivity index (χ1v) is 11.5. The second-order valence-electron chi connectivity index (χ2n) is 7.74. The lowest BCUT2D eigenvalue weighted by Crippen LogP contribution is -1.99. The number of hydrogen-bond donors (Lipinski definition) is 0. The molecule has 33 heavy (non-hydrogen) atoms. The molecular formula is C31H38N2. The van der Waals surface area contributed by atoms with Crippen molar-refractivity contribution in [3.63, 3.8) is 0 Å². The third kappa shape index (κ3) is 9.68. The van der Waals surface area contributed by atoms with Crippen LogP contribution in [0, 0.1) is 13.8 Å². The normalized spacial score (nSPS) is 13.2. The molecular weight excluding hydrogens is 400 g/mol. The van der Waals surface area contributed by atoms with Crippen molar-refractivity contribution in [2.75, 3.05) is 0 Å². The van der Waals surface area contributed by atoms with Crippen LogP contribution < -0.4 is 0 Å². The minimum Gasteiger partial charge on any atom is -0.281 e. The summed E-state index contributed by atoms with van der Waals surface area (Å²) in [4.78, 5) is 8.53. The molecule has 1 aliphatic carbocycles. The summed E-state index contributed by atoms with van der Waals surface area (Å²) >= 11 is 0. The Morgan fingerprint density at radius 3 is 1.97 bits per heavy atom. The van der Waals surface area contributed by atoms with Crippen LogP contribution in [-0.4, -0.2) is 12.4 Å². The summed E-state index contributed by atoms with van der Waals surface area (Å²) in [5.41, 5.74) is 12.1. The highest BCUT2D eigenvalue weighted by molar-refractivity contribution is 6.00. The molecule has 0 fully saturated rings. The Hall–Kier alpha value is -3.48. The lowest BCUT2D eigenvalue weighted by Gasteiger charge is -2.09. The van der Waals surface area contributed by atoms with Crippen molar-refractivity contribution in [2.24, 2.45) is 9.98 Å². The molecule has 0 amide bonds. The van der Waals surface area contributed by atoms with E-state index in [1.165, 1.54) is 22.3 Å². The number of aryl methyl sites for hydroxylation is 2. The van der Waals surface area contributed by atoms with Crippen LogP contribution >= 0.6 is 0 Å². The van der Waals surface area contributed by atoms with Crippen LogP contribution in [0.2, 0.25) is 0 Å². The van der Waals surface area contributed by atoms with E-state index in [1.807, 2.05) is 58.0 Å². The van der Waals surface area contributed by atoms with Gasteiger partial charge in [-0.05, 0) is 64.6 Å². The molecule has 172 valence electrons. The van der Waals surface area contributed by atoms with Gasteiger partial charge in [-0.25, -0.2) is 0 Å². The Morgan fingerprint density at radius 1 is 0.879 bits per heavy atom. The highest BCUT2D eigenvalue weighted by Gasteiger charge is 2.05. The van der Waals surface area contributed by atoms with Crippen molar-refractivity contribution in [3.05, 3.63) is 119 Å². The molecule has 1 aliphatic rings. The topological polar surface area (TPSA) is 24.7 Å². The van der Waals surface area contributed by atoms with Crippen molar-refractivity contribution >= 4 is 18.1 Å². The van der Waals surface area contributed by atoms with E-state index < -0.39 is 0 Å². The average Bonchev–Trinajstić information content (AvgIpc) is 3.05. The zero-order valence-electron chi connectivity index (χ0n) is 21.3. The van der Waals surface area contributed by atoms with Crippen LogP contribution in [0.15, 0.2) is 106 Å². The standard InChI is InChI=1S/C19H21N.C10H11N.C2H6/c1-14-6-5-7-18(11-8-14)16(3)20-17(4)19-12-9-15(2)10-13-19;1-8-4-6-10(7-5-8)9(2)11-3;1-2/h5-6,8-13,17H,1-4H3;4-7H,2-3H2,1H3;1-2H3. The summed E-state index contributed by atoms with van der Waals surface area (Å²) in [6, 6.07) is 16.8. The third-order valence-corrected chi connectivity index (χ3v) is 5.01. The predicted octanol–water partition coefficient (Wildman–Crippen LogP) is 8.81. The van der Waals surface area contributed by atoms with Gasteiger partial charge in [0.2, 0.25) is 0 Å². The lowest BCUT2D eigenvalue weighted by atomic mass is 10.1. The lowest BCUT2D eigenvalue weighted by molar-refractivity contribution is 0.819. The Bertz CT molecular complexity index is 1070. The number of nitrogens with zero attached hydrogens (tertiary/aromatic N) is 2. The molecule has 0 heterocycles. The maximum absolute atomic E-state index is 4.79. The van der Waals surface area contributed by atoms with Crippen molar-refractivity contribution in [1.82, 2.24) is 0 Å². The molecule has 0 spiro atoms. The molecule has 1 atom stereocenters. The molecule has 0 bridgehead atoms. The van der Waals surface area contributed by atoms with Gasteiger partial charge in [-0.3, -0.25) is 9.98 Å². The fourth-order valence-corrected chi connectivity index (χ4v) is 2.92. The average molecular weight is 439 g/mol. The number of rotatable bonds is 5. The molecule has 0 aliphatic heterocycles. The van der Waals surface area contributed by atoms with Crippen LogP contribution in [-0.2, 0) is 0 Å². The van der Waals surface area contributed by atoms with Gasteiger partial charge in [0.1, 0.15) is 0 Å². The molecule has 2 aromatic rings. The Balaban J connectivity index is 0.000000354. The van der Waals surface area contributed by atoms with Gasteiger partial charge in [0.05, 0.1) is 11.7 Å². The van der Waals surface area contributed by atoms with E-state index in [9.17, 15) is 0 Å². The van der Waals surface area contributed by atoms with Gasteiger partial charge in [-0.2, -0.15) is 0 Å². The van der Waals surface area contributed by atoms with Crippen molar-refractivity contribution in [2.45, 2.75) is 54.5 Å². The monoisotopic (exact) mass is 438 g/mol. The largest absolute Gasteiger partial charge is 0.281 e. The molecule has 1 unspecified atom stereocenters. The minimum atomic E-state index is 0.163. The molecule has 0 saturated heterocycles. The van der Waals surface area contributed by atoms with Gasteiger partial charge < -0.3 is 0 Å². The molecule has 0 radical (unpaired) electrons. The van der Waals surface area contributed by atoms with E-state index in [2.05, 4.69) is 87.3 Å². The third-order valence-electron chi connectivity index (χ3n) is 5.01. The van der Waals surface area contributed by atoms with E-state index in [4.69, 9.17) is 4.99 Å². The van der Waals surface area contributed by atoms with E-state index in [-0.39, 0.29) is 6.04 Å². The predicted molar refractivity (Wildman–Crippen MR) is 148 cm³/mol.